The van der Waals surface area contributed by atoms with Crippen LogP contribution in [0.25, 0.3) is 0 Å². The first-order valence-corrected chi connectivity index (χ1v) is 4.03. The van der Waals surface area contributed by atoms with Crippen LogP contribution < -0.4 is 0 Å². The maximum atomic E-state index is 11.0. The van der Waals surface area contributed by atoms with E-state index in [0.29, 0.717) is 0 Å². The third kappa shape index (κ3) is 5.57. The van der Waals surface area contributed by atoms with Crippen LogP contribution in [0, 0.1) is 0 Å². The minimum absolute atomic E-state index is 0.128. The van der Waals surface area contributed by atoms with Crippen molar-refractivity contribution in [2.75, 3.05) is 34.1 Å². The van der Waals surface area contributed by atoms with Crippen molar-refractivity contribution in [2.24, 2.45) is 0 Å². The van der Waals surface area contributed by atoms with Gasteiger partial charge in [-0.15, -0.1) is 0 Å². The molecule has 0 aromatic rings. The van der Waals surface area contributed by atoms with Gasteiger partial charge in [-0.2, -0.15) is 0 Å². The number of ether oxygens (including phenoxy) is 2. The van der Waals surface area contributed by atoms with Crippen LogP contribution in [0.3, 0.4) is 0 Å². The van der Waals surface area contributed by atoms with Crippen LogP contribution in [0.1, 0.15) is 6.92 Å². The van der Waals surface area contributed by atoms with E-state index in [1.54, 1.807) is 0 Å². The highest BCUT2D eigenvalue weighted by atomic mass is 16.5. The zero-order chi connectivity index (χ0) is 10.3. The minimum atomic E-state index is -0.663. The molecule has 78 valence electrons. The van der Waals surface area contributed by atoms with Crippen LogP contribution >= 0.6 is 0 Å². The van der Waals surface area contributed by atoms with E-state index >= 15 is 0 Å². The number of nitrogens with zero attached hydrogens (tertiary/aromatic N) is 1. The van der Waals surface area contributed by atoms with Gasteiger partial charge in [-0.3, -0.25) is 4.79 Å². The Bertz CT molecular complexity index is 151. The largest absolute Gasteiger partial charge is 0.389 e. The van der Waals surface area contributed by atoms with Crippen LogP contribution in [-0.2, 0) is 14.3 Å². The van der Waals surface area contributed by atoms with E-state index in [1.165, 1.54) is 26.0 Å². The molecule has 0 bridgehead atoms. The fourth-order valence-corrected chi connectivity index (χ4v) is 0.927. The predicted molar refractivity (Wildman–Crippen MR) is 47.1 cm³/mol. The van der Waals surface area contributed by atoms with Gasteiger partial charge in [-0.1, -0.05) is 0 Å². The van der Waals surface area contributed by atoms with Crippen molar-refractivity contribution in [3.63, 3.8) is 0 Å². The lowest BCUT2D eigenvalue weighted by Crippen LogP contribution is -2.38. The number of carbonyl (C=O) groups is 1. The molecular weight excluding hydrogens is 174 g/mol. The molecule has 0 heterocycles. The summed E-state index contributed by atoms with van der Waals surface area (Å²) >= 11 is 0. The number of rotatable bonds is 6. The van der Waals surface area contributed by atoms with Crippen molar-refractivity contribution >= 4 is 5.91 Å². The van der Waals surface area contributed by atoms with Gasteiger partial charge in [0.1, 0.15) is 6.73 Å². The van der Waals surface area contributed by atoms with Crippen LogP contribution in [-0.4, -0.2) is 56.1 Å². The fourth-order valence-electron chi connectivity index (χ4n) is 0.927. The highest BCUT2D eigenvalue weighted by Gasteiger charge is 2.13. The summed E-state index contributed by atoms with van der Waals surface area (Å²) in [5, 5.41) is 9.32. The first-order valence-electron chi connectivity index (χ1n) is 4.03. The van der Waals surface area contributed by atoms with Crippen molar-refractivity contribution in [3.8, 4) is 0 Å². The molecule has 0 spiro atoms. The number of hydrogen-bond donors (Lipinski definition) is 1. The quantitative estimate of drug-likeness (QED) is 0.572. The molecule has 0 fully saturated rings. The summed E-state index contributed by atoms with van der Waals surface area (Å²) in [5.41, 5.74) is 0. The molecule has 1 amide bonds. The average molecular weight is 191 g/mol. The van der Waals surface area contributed by atoms with Crippen molar-refractivity contribution in [3.05, 3.63) is 0 Å². The van der Waals surface area contributed by atoms with Gasteiger partial charge in [0.2, 0.25) is 5.91 Å². The number of aliphatic hydroxyl groups is 1. The Morgan fingerprint density at radius 1 is 1.46 bits per heavy atom. The lowest BCUT2D eigenvalue weighted by Gasteiger charge is -2.22. The van der Waals surface area contributed by atoms with E-state index in [4.69, 9.17) is 9.47 Å². The molecule has 13 heavy (non-hydrogen) atoms. The molecule has 5 nitrogen and oxygen atoms in total. The summed E-state index contributed by atoms with van der Waals surface area (Å²) in [7, 11) is 3.00. The van der Waals surface area contributed by atoms with E-state index < -0.39 is 6.10 Å². The number of methoxy groups -OCH3 is 2. The zero-order valence-corrected chi connectivity index (χ0v) is 8.32. The second kappa shape index (κ2) is 6.82. The Morgan fingerprint density at radius 3 is 2.46 bits per heavy atom. The van der Waals surface area contributed by atoms with Gasteiger partial charge in [-0.05, 0) is 0 Å². The molecular formula is C8H17NO4. The lowest BCUT2D eigenvalue weighted by molar-refractivity contribution is -0.135. The van der Waals surface area contributed by atoms with E-state index in [9.17, 15) is 9.90 Å². The molecule has 0 aliphatic heterocycles. The summed E-state index contributed by atoms with van der Waals surface area (Å²) in [6.07, 6.45) is -0.663. The monoisotopic (exact) mass is 191 g/mol. The molecule has 0 saturated carbocycles. The first kappa shape index (κ1) is 12.3. The highest BCUT2D eigenvalue weighted by molar-refractivity contribution is 5.73. The number of carbonyl (C=O) groups excluding carboxylic acids is 1. The minimum Gasteiger partial charge on any atom is -0.389 e. The van der Waals surface area contributed by atoms with Crippen molar-refractivity contribution in [1.29, 1.82) is 0 Å². The molecule has 0 rings (SSSR count). The summed E-state index contributed by atoms with van der Waals surface area (Å²) in [6.45, 7) is 2.07. The lowest BCUT2D eigenvalue weighted by atomic mass is 10.3. The Labute approximate surface area is 78.2 Å². The molecule has 1 unspecified atom stereocenters. The maximum Gasteiger partial charge on any atom is 0.221 e. The van der Waals surface area contributed by atoms with E-state index in [1.807, 2.05) is 0 Å². The Kier molecular flexibility index (Phi) is 6.48. The van der Waals surface area contributed by atoms with E-state index in [0.717, 1.165) is 0 Å². The maximum absolute atomic E-state index is 11.0. The third-order valence-electron chi connectivity index (χ3n) is 1.52. The standard InChI is InChI=1S/C8H17NO4/c1-7(10)9(6-13-3)4-8(11)5-12-2/h8,11H,4-6H2,1-3H3. The van der Waals surface area contributed by atoms with Crippen molar-refractivity contribution in [1.82, 2.24) is 4.90 Å². The molecule has 0 aromatic carbocycles. The first-order chi connectivity index (χ1) is 6.11. The predicted octanol–water partition coefficient (Wildman–Crippen LogP) is -0.554. The Hall–Kier alpha value is -0.650. The summed E-state index contributed by atoms with van der Waals surface area (Å²) < 4.78 is 9.53. The van der Waals surface area contributed by atoms with Gasteiger partial charge in [0.15, 0.2) is 0 Å². The molecule has 0 aliphatic carbocycles. The molecule has 0 aromatic heterocycles. The van der Waals surface area contributed by atoms with Crippen molar-refractivity contribution in [2.45, 2.75) is 13.0 Å². The number of hydrogen-bond acceptors (Lipinski definition) is 4. The van der Waals surface area contributed by atoms with Gasteiger partial charge in [0.25, 0.3) is 0 Å². The third-order valence-corrected chi connectivity index (χ3v) is 1.52. The second-order valence-electron chi connectivity index (χ2n) is 2.77. The van der Waals surface area contributed by atoms with Crippen LogP contribution in [0.2, 0.25) is 0 Å². The SMILES string of the molecule is COCC(O)CN(COC)C(C)=O. The van der Waals surface area contributed by atoms with Crippen LogP contribution in [0.15, 0.2) is 0 Å². The number of aliphatic hydroxyl groups excluding tert-OH is 1. The number of amides is 1. The Morgan fingerprint density at radius 2 is 2.08 bits per heavy atom. The van der Waals surface area contributed by atoms with Gasteiger partial charge in [-0.25, -0.2) is 0 Å². The van der Waals surface area contributed by atoms with Gasteiger partial charge < -0.3 is 19.5 Å². The molecule has 1 N–H and O–H groups in total. The van der Waals surface area contributed by atoms with E-state index in [2.05, 4.69) is 0 Å². The molecule has 0 radical (unpaired) electrons. The zero-order valence-electron chi connectivity index (χ0n) is 8.32. The summed E-state index contributed by atoms with van der Waals surface area (Å²) in [5.74, 6) is -0.128. The van der Waals surface area contributed by atoms with E-state index in [-0.39, 0.29) is 25.8 Å². The smallest absolute Gasteiger partial charge is 0.221 e. The summed E-state index contributed by atoms with van der Waals surface area (Å²) in [6, 6.07) is 0. The van der Waals surface area contributed by atoms with Gasteiger partial charge in [0, 0.05) is 21.1 Å². The second-order valence-corrected chi connectivity index (χ2v) is 2.77. The van der Waals surface area contributed by atoms with Gasteiger partial charge in [0.05, 0.1) is 19.3 Å². The topological polar surface area (TPSA) is 59.0 Å². The van der Waals surface area contributed by atoms with Crippen LogP contribution in [0.5, 0.6) is 0 Å². The van der Waals surface area contributed by atoms with Gasteiger partial charge >= 0.3 is 0 Å². The normalized spacial score (nSPS) is 12.6. The molecule has 0 saturated heterocycles. The average Bonchev–Trinajstić information content (AvgIpc) is 2.04. The highest BCUT2D eigenvalue weighted by Crippen LogP contribution is 1.94. The molecule has 0 aliphatic rings. The molecule has 1 atom stereocenters. The van der Waals surface area contributed by atoms with Crippen molar-refractivity contribution < 1.29 is 19.4 Å². The fraction of sp³-hybridized carbons (Fsp3) is 0.875. The molecule has 5 heteroatoms. The Balaban J connectivity index is 3.86. The van der Waals surface area contributed by atoms with Crippen LogP contribution in [0.4, 0.5) is 0 Å². The summed E-state index contributed by atoms with van der Waals surface area (Å²) in [4.78, 5) is 12.4.